The van der Waals surface area contributed by atoms with Crippen LogP contribution in [-0.2, 0) is 5.41 Å². The molecular formula is C14H18FNO. The summed E-state index contributed by atoms with van der Waals surface area (Å²) < 4.78 is 14.0. The lowest BCUT2D eigenvalue weighted by Crippen LogP contribution is -2.40. The Morgan fingerprint density at radius 1 is 1.35 bits per heavy atom. The molecule has 1 aromatic carbocycles. The number of halogens is 1. The number of benzene rings is 1. The van der Waals surface area contributed by atoms with Crippen LogP contribution in [-0.4, -0.2) is 24.8 Å². The maximum Gasteiger partial charge on any atom is 0.129 e. The van der Waals surface area contributed by atoms with Crippen LogP contribution in [0.5, 0.6) is 0 Å². The average Bonchev–Trinajstić information content (AvgIpc) is 2.62. The van der Waals surface area contributed by atoms with Crippen LogP contribution in [0.4, 0.5) is 10.1 Å². The van der Waals surface area contributed by atoms with Gasteiger partial charge < -0.3 is 10.0 Å². The van der Waals surface area contributed by atoms with Crippen molar-refractivity contribution in [3.05, 3.63) is 29.6 Å². The summed E-state index contributed by atoms with van der Waals surface area (Å²) in [5.74, 6) is -0.0475. The molecule has 1 saturated carbocycles. The van der Waals surface area contributed by atoms with E-state index in [0.29, 0.717) is 0 Å². The Kier molecular flexibility index (Phi) is 2.58. The van der Waals surface area contributed by atoms with Gasteiger partial charge in [0.15, 0.2) is 0 Å². The van der Waals surface area contributed by atoms with Gasteiger partial charge in [0.25, 0.3) is 0 Å². The summed E-state index contributed by atoms with van der Waals surface area (Å²) in [6, 6.07) is 5.38. The predicted octanol–water partition coefficient (Wildman–Crippen LogP) is 2.45. The number of rotatable bonds is 3. The molecule has 0 bridgehead atoms. The first-order chi connectivity index (χ1) is 8.27. The Morgan fingerprint density at radius 2 is 2.18 bits per heavy atom. The second-order valence-corrected chi connectivity index (χ2v) is 5.27. The predicted molar refractivity (Wildman–Crippen MR) is 65.8 cm³/mol. The van der Waals surface area contributed by atoms with Gasteiger partial charge in [0.2, 0.25) is 0 Å². The molecule has 1 N–H and O–H groups in total. The van der Waals surface area contributed by atoms with Gasteiger partial charge in [0, 0.05) is 36.4 Å². The number of hydrogen-bond acceptors (Lipinski definition) is 2. The molecule has 1 heterocycles. The fourth-order valence-electron chi connectivity index (χ4n) is 3.30. The molecule has 0 unspecified atom stereocenters. The molecule has 0 radical (unpaired) electrons. The second-order valence-electron chi connectivity index (χ2n) is 5.27. The lowest BCUT2D eigenvalue weighted by molar-refractivity contribution is 0.252. The molecule has 17 heavy (non-hydrogen) atoms. The highest BCUT2D eigenvalue weighted by Crippen LogP contribution is 2.53. The molecule has 3 heteroatoms. The lowest BCUT2D eigenvalue weighted by Gasteiger charge is -2.39. The van der Waals surface area contributed by atoms with Crippen LogP contribution in [0.1, 0.15) is 31.2 Å². The summed E-state index contributed by atoms with van der Waals surface area (Å²) in [7, 11) is 0. The molecular weight excluding hydrogens is 217 g/mol. The van der Waals surface area contributed by atoms with Gasteiger partial charge in [0.05, 0.1) is 0 Å². The number of aliphatic hydroxyl groups is 1. The van der Waals surface area contributed by atoms with E-state index in [1.807, 2.05) is 6.07 Å². The molecule has 1 fully saturated rings. The molecule has 0 aromatic heterocycles. The van der Waals surface area contributed by atoms with Gasteiger partial charge in [-0.2, -0.15) is 0 Å². The van der Waals surface area contributed by atoms with Crippen LogP contribution in [0.25, 0.3) is 0 Å². The zero-order valence-corrected chi connectivity index (χ0v) is 9.95. The highest BCUT2D eigenvalue weighted by atomic mass is 19.1. The van der Waals surface area contributed by atoms with Crippen molar-refractivity contribution in [2.75, 3.05) is 24.6 Å². The third-order valence-electron chi connectivity index (χ3n) is 4.25. The quantitative estimate of drug-likeness (QED) is 0.870. The molecule has 3 rings (SSSR count). The van der Waals surface area contributed by atoms with Crippen molar-refractivity contribution in [3.8, 4) is 0 Å². The van der Waals surface area contributed by atoms with Crippen molar-refractivity contribution in [2.24, 2.45) is 0 Å². The Labute approximate surface area is 101 Å². The standard InChI is InChI=1S/C14H18FNO/c15-11-4-1-5-12-13(11)14(6-2-7-14)10-16(12)8-3-9-17/h1,4-5,17H,2-3,6-10H2. The normalized spacial score (nSPS) is 20.5. The highest BCUT2D eigenvalue weighted by molar-refractivity contribution is 5.64. The van der Waals surface area contributed by atoms with Crippen LogP contribution in [0.15, 0.2) is 18.2 Å². The summed E-state index contributed by atoms with van der Waals surface area (Å²) in [5, 5.41) is 8.93. The van der Waals surface area contributed by atoms with Crippen molar-refractivity contribution in [3.63, 3.8) is 0 Å². The first kappa shape index (κ1) is 11.0. The first-order valence-corrected chi connectivity index (χ1v) is 6.42. The van der Waals surface area contributed by atoms with Crippen LogP contribution in [0, 0.1) is 5.82 Å². The van der Waals surface area contributed by atoms with Gasteiger partial charge in [-0.25, -0.2) is 4.39 Å². The van der Waals surface area contributed by atoms with E-state index in [0.717, 1.165) is 43.6 Å². The third kappa shape index (κ3) is 1.56. The zero-order chi connectivity index (χ0) is 11.9. The van der Waals surface area contributed by atoms with E-state index in [4.69, 9.17) is 5.11 Å². The van der Waals surface area contributed by atoms with Crippen molar-refractivity contribution < 1.29 is 9.50 Å². The van der Waals surface area contributed by atoms with Crippen LogP contribution < -0.4 is 4.90 Å². The fourth-order valence-corrected chi connectivity index (χ4v) is 3.30. The van der Waals surface area contributed by atoms with Crippen LogP contribution >= 0.6 is 0 Å². The molecule has 1 spiro atoms. The van der Waals surface area contributed by atoms with Gasteiger partial charge in [-0.15, -0.1) is 0 Å². The monoisotopic (exact) mass is 235 g/mol. The van der Waals surface area contributed by atoms with Gasteiger partial charge in [-0.05, 0) is 31.4 Å². The highest BCUT2D eigenvalue weighted by Gasteiger charge is 2.48. The van der Waals surface area contributed by atoms with Crippen molar-refractivity contribution in [1.82, 2.24) is 0 Å². The van der Waals surface area contributed by atoms with Gasteiger partial charge in [-0.3, -0.25) is 0 Å². The summed E-state index contributed by atoms with van der Waals surface area (Å²) in [6.07, 6.45) is 4.18. The Bertz CT molecular complexity index is 428. The molecule has 1 aromatic rings. The number of aliphatic hydroxyl groups excluding tert-OH is 1. The Hall–Kier alpha value is -1.09. The van der Waals surface area contributed by atoms with E-state index in [1.54, 1.807) is 12.1 Å². The van der Waals surface area contributed by atoms with E-state index in [9.17, 15) is 4.39 Å². The molecule has 2 aliphatic rings. The number of fused-ring (bicyclic) bond motifs is 2. The van der Waals surface area contributed by atoms with Gasteiger partial charge in [0.1, 0.15) is 5.82 Å². The topological polar surface area (TPSA) is 23.5 Å². The van der Waals surface area contributed by atoms with Gasteiger partial charge >= 0.3 is 0 Å². The maximum absolute atomic E-state index is 14.0. The third-order valence-corrected chi connectivity index (χ3v) is 4.25. The number of anilines is 1. The summed E-state index contributed by atoms with van der Waals surface area (Å²) >= 11 is 0. The molecule has 2 nitrogen and oxygen atoms in total. The minimum Gasteiger partial charge on any atom is -0.396 e. The largest absolute Gasteiger partial charge is 0.396 e. The Morgan fingerprint density at radius 3 is 2.82 bits per heavy atom. The average molecular weight is 235 g/mol. The summed E-state index contributed by atoms with van der Waals surface area (Å²) in [6.45, 7) is 1.96. The van der Waals surface area contributed by atoms with E-state index in [2.05, 4.69) is 4.90 Å². The summed E-state index contributed by atoms with van der Waals surface area (Å²) in [4.78, 5) is 2.24. The van der Waals surface area contributed by atoms with E-state index in [1.165, 1.54) is 6.42 Å². The zero-order valence-electron chi connectivity index (χ0n) is 9.95. The minimum absolute atomic E-state index is 0.0475. The van der Waals surface area contributed by atoms with E-state index in [-0.39, 0.29) is 17.8 Å². The van der Waals surface area contributed by atoms with Crippen molar-refractivity contribution in [1.29, 1.82) is 0 Å². The number of nitrogens with zero attached hydrogens (tertiary/aromatic N) is 1. The SMILES string of the molecule is OCCCN1CC2(CCC2)c2c(F)cccc21. The van der Waals surface area contributed by atoms with E-state index >= 15 is 0 Å². The first-order valence-electron chi connectivity index (χ1n) is 6.42. The molecule has 1 aliphatic heterocycles. The Balaban J connectivity index is 1.97. The second kappa shape index (κ2) is 3.98. The molecule has 0 saturated heterocycles. The van der Waals surface area contributed by atoms with Gasteiger partial charge in [-0.1, -0.05) is 12.5 Å². The molecule has 0 amide bonds. The minimum atomic E-state index is -0.0475. The molecule has 1 aliphatic carbocycles. The maximum atomic E-state index is 14.0. The van der Waals surface area contributed by atoms with Crippen LogP contribution in [0.3, 0.4) is 0 Å². The molecule has 92 valence electrons. The fraction of sp³-hybridized carbons (Fsp3) is 0.571. The van der Waals surface area contributed by atoms with Crippen molar-refractivity contribution in [2.45, 2.75) is 31.1 Å². The van der Waals surface area contributed by atoms with Crippen LogP contribution in [0.2, 0.25) is 0 Å². The van der Waals surface area contributed by atoms with E-state index < -0.39 is 0 Å². The smallest absolute Gasteiger partial charge is 0.129 e. The van der Waals surface area contributed by atoms with Crippen molar-refractivity contribution >= 4 is 5.69 Å². The molecule has 0 atom stereocenters. The number of hydrogen-bond donors (Lipinski definition) is 1. The summed E-state index contributed by atoms with van der Waals surface area (Å²) in [5.41, 5.74) is 2.07. The lowest BCUT2D eigenvalue weighted by atomic mass is 9.65.